The normalized spacial score (nSPS) is 11.2. The van der Waals surface area contributed by atoms with Gasteiger partial charge >= 0.3 is 6.03 Å². The number of nitrogens with one attached hydrogen (secondary N) is 2. The molecule has 0 aliphatic heterocycles. The number of nitrogens with zero attached hydrogens (tertiary/aromatic N) is 2. The van der Waals surface area contributed by atoms with Crippen molar-refractivity contribution in [2.45, 2.75) is 13.0 Å². The van der Waals surface area contributed by atoms with E-state index >= 15 is 0 Å². The summed E-state index contributed by atoms with van der Waals surface area (Å²) in [7, 11) is 0. The number of anilines is 1. The van der Waals surface area contributed by atoms with Crippen LogP contribution in [0.4, 0.5) is 10.5 Å². The van der Waals surface area contributed by atoms with Crippen LogP contribution in [0.25, 0.3) is 0 Å². The number of hydrogen-bond acceptors (Lipinski definition) is 3. The van der Waals surface area contributed by atoms with E-state index in [1.807, 2.05) is 25.1 Å². The van der Waals surface area contributed by atoms with Crippen LogP contribution in [0.3, 0.4) is 0 Å². The van der Waals surface area contributed by atoms with Crippen molar-refractivity contribution in [3.8, 4) is 6.07 Å². The van der Waals surface area contributed by atoms with E-state index in [0.717, 1.165) is 5.56 Å². The first-order chi connectivity index (χ1) is 9.69. The molecule has 1 heterocycles. The molecule has 2 N–H and O–H groups in total. The summed E-state index contributed by atoms with van der Waals surface area (Å²) >= 11 is 0. The Kier molecular flexibility index (Phi) is 4.30. The lowest BCUT2D eigenvalue weighted by Gasteiger charge is -2.14. The highest BCUT2D eigenvalue weighted by atomic mass is 16.2. The van der Waals surface area contributed by atoms with Crippen molar-refractivity contribution in [3.05, 3.63) is 59.9 Å². The lowest BCUT2D eigenvalue weighted by Crippen LogP contribution is -2.31. The Balaban J connectivity index is 1.93. The zero-order valence-electron chi connectivity index (χ0n) is 11.0. The third-order valence-corrected chi connectivity index (χ3v) is 2.83. The number of amides is 2. The molecule has 0 saturated carbocycles. The van der Waals surface area contributed by atoms with Crippen molar-refractivity contribution in [3.63, 3.8) is 0 Å². The van der Waals surface area contributed by atoms with E-state index in [0.29, 0.717) is 11.3 Å². The largest absolute Gasteiger partial charge is 0.331 e. The average Bonchev–Trinajstić information content (AvgIpc) is 2.49. The van der Waals surface area contributed by atoms with E-state index in [-0.39, 0.29) is 12.1 Å². The van der Waals surface area contributed by atoms with E-state index < -0.39 is 0 Å². The second-order valence-corrected chi connectivity index (χ2v) is 4.29. The van der Waals surface area contributed by atoms with Gasteiger partial charge in [0.2, 0.25) is 0 Å². The maximum atomic E-state index is 11.8. The minimum atomic E-state index is -0.293. The number of urea groups is 1. The van der Waals surface area contributed by atoms with Crippen molar-refractivity contribution in [2.75, 3.05) is 5.32 Å². The Morgan fingerprint density at radius 1 is 1.20 bits per heavy atom. The molecule has 0 spiro atoms. The lowest BCUT2D eigenvalue weighted by molar-refractivity contribution is 0.249. The van der Waals surface area contributed by atoms with Gasteiger partial charge in [-0.25, -0.2) is 4.79 Å². The summed E-state index contributed by atoms with van der Waals surface area (Å²) in [5.74, 6) is 0. The molecule has 2 aromatic rings. The van der Waals surface area contributed by atoms with Crippen molar-refractivity contribution in [1.82, 2.24) is 10.3 Å². The van der Waals surface area contributed by atoms with E-state index in [9.17, 15) is 4.79 Å². The Morgan fingerprint density at radius 2 is 1.85 bits per heavy atom. The Labute approximate surface area is 117 Å². The molecule has 2 amide bonds. The second-order valence-electron chi connectivity index (χ2n) is 4.29. The van der Waals surface area contributed by atoms with Gasteiger partial charge in [0.15, 0.2) is 0 Å². The van der Waals surface area contributed by atoms with E-state index in [1.54, 1.807) is 36.7 Å². The van der Waals surface area contributed by atoms with Crippen molar-refractivity contribution < 1.29 is 4.79 Å². The summed E-state index contributed by atoms with van der Waals surface area (Å²) < 4.78 is 0. The van der Waals surface area contributed by atoms with Crippen LogP contribution in [-0.4, -0.2) is 11.0 Å². The average molecular weight is 266 g/mol. The summed E-state index contributed by atoms with van der Waals surface area (Å²) in [5, 5.41) is 14.2. The molecule has 2 rings (SSSR count). The highest BCUT2D eigenvalue weighted by molar-refractivity contribution is 5.89. The molecule has 1 atom stereocenters. The van der Waals surface area contributed by atoms with Crippen LogP contribution < -0.4 is 10.6 Å². The van der Waals surface area contributed by atoms with Crippen molar-refractivity contribution >= 4 is 11.7 Å². The van der Waals surface area contributed by atoms with Gasteiger partial charge in [-0.1, -0.05) is 0 Å². The molecule has 1 aromatic heterocycles. The lowest BCUT2D eigenvalue weighted by atomic mass is 10.1. The zero-order valence-corrected chi connectivity index (χ0v) is 11.0. The summed E-state index contributed by atoms with van der Waals surface area (Å²) in [4.78, 5) is 15.8. The maximum absolute atomic E-state index is 11.8. The number of rotatable bonds is 3. The number of nitriles is 1. The number of benzene rings is 1. The Bertz CT molecular complexity index is 617. The van der Waals surface area contributed by atoms with Gasteiger partial charge in [0.05, 0.1) is 17.7 Å². The van der Waals surface area contributed by atoms with Gasteiger partial charge in [0.1, 0.15) is 0 Å². The number of carbonyl (C=O) groups is 1. The highest BCUT2D eigenvalue weighted by Gasteiger charge is 2.09. The third-order valence-electron chi connectivity index (χ3n) is 2.83. The van der Waals surface area contributed by atoms with E-state index in [4.69, 9.17) is 5.26 Å². The highest BCUT2D eigenvalue weighted by Crippen LogP contribution is 2.12. The molecular formula is C15H14N4O. The smallest absolute Gasteiger partial charge is 0.319 e. The van der Waals surface area contributed by atoms with Gasteiger partial charge < -0.3 is 10.6 Å². The number of pyridine rings is 1. The van der Waals surface area contributed by atoms with Crippen LogP contribution >= 0.6 is 0 Å². The molecular weight excluding hydrogens is 252 g/mol. The SMILES string of the molecule is CC(NC(=O)Nc1ccc(C#N)cc1)c1ccncc1. The Morgan fingerprint density at radius 3 is 2.45 bits per heavy atom. The first-order valence-electron chi connectivity index (χ1n) is 6.16. The number of aromatic nitrogens is 1. The summed E-state index contributed by atoms with van der Waals surface area (Å²) in [6, 6.07) is 12.0. The van der Waals surface area contributed by atoms with Crippen LogP contribution in [0.2, 0.25) is 0 Å². The molecule has 0 aliphatic rings. The van der Waals surface area contributed by atoms with Gasteiger partial charge in [0.25, 0.3) is 0 Å². The maximum Gasteiger partial charge on any atom is 0.319 e. The van der Waals surface area contributed by atoms with Gasteiger partial charge in [-0.05, 0) is 48.9 Å². The standard InChI is InChI=1S/C15H14N4O/c1-11(13-6-8-17-9-7-13)18-15(20)19-14-4-2-12(10-16)3-5-14/h2-9,11H,1H3,(H2,18,19,20). The third kappa shape index (κ3) is 3.56. The van der Waals surface area contributed by atoms with Crippen LogP contribution in [0, 0.1) is 11.3 Å². The second kappa shape index (κ2) is 6.34. The summed E-state index contributed by atoms with van der Waals surface area (Å²) in [6.45, 7) is 1.90. The van der Waals surface area contributed by atoms with Crippen LogP contribution in [0.15, 0.2) is 48.8 Å². The topological polar surface area (TPSA) is 77.8 Å². The van der Waals surface area contributed by atoms with Crippen LogP contribution in [0.5, 0.6) is 0 Å². The molecule has 0 bridgehead atoms. The molecule has 0 saturated heterocycles. The molecule has 0 aliphatic carbocycles. The van der Waals surface area contributed by atoms with Crippen LogP contribution in [-0.2, 0) is 0 Å². The molecule has 5 heteroatoms. The predicted molar refractivity (Wildman–Crippen MR) is 76.0 cm³/mol. The molecule has 0 fully saturated rings. The zero-order chi connectivity index (χ0) is 14.4. The molecule has 100 valence electrons. The first kappa shape index (κ1) is 13.6. The molecule has 0 radical (unpaired) electrons. The molecule has 20 heavy (non-hydrogen) atoms. The number of hydrogen-bond donors (Lipinski definition) is 2. The molecule has 1 aromatic carbocycles. The minimum Gasteiger partial charge on any atom is -0.331 e. The summed E-state index contributed by atoms with van der Waals surface area (Å²) in [6.07, 6.45) is 3.37. The molecule has 1 unspecified atom stereocenters. The fourth-order valence-corrected chi connectivity index (χ4v) is 1.73. The van der Waals surface area contributed by atoms with Gasteiger partial charge in [-0.2, -0.15) is 5.26 Å². The van der Waals surface area contributed by atoms with Crippen molar-refractivity contribution in [1.29, 1.82) is 5.26 Å². The quantitative estimate of drug-likeness (QED) is 0.896. The summed E-state index contributed by atoms with van der Waals surface area (Å²) in [5.41, 5.74) is 2.18. The first-order valence-corrected chi connectivity index (χ1v) is 6.16. The van der Waals surface area contributed by atoms with Gasteiger partial charge in [0, 0.05) is 18.1 Å². The predicted octanol–water partition coefficient (Wildman–Crippen LogP) is 2.84. The monoisotopic (exact) mass is 266 g/mol. The fraction of sp³-hybridized carbons (Fsp3) is 0.133. The number of carbonyl (C=O) groups excluding carboxylic acids is 1. The molecule has 5 nitrogen and oxygen atoms in total. The van der Waals surface area contributed by atoms with Gasteiger partial charge in [-0.3, -0.25) is 4.98 Å². The van der Waals surface area contributed by atoms with Crippen molar-refractivity contribution in [2.24, 2.45) is 0 Å². The van der Waals surface area contributed by atoms with E-state index in [2.05, 4.69) is 15.6 Å². The van der Waals surface area contributed by atoms with E-state index in [1.165, 1.54) is 0 Å². The van der Waals surface area contributed by atoms with Crippen LogP contribution in [0.1, 0.15) is 24.1 Å². The fourth-order valence-electron chi connectivity index (χ4n) is 1.73. The minimum absolute atomic E-state index is 0.114. The van der Waals surface area contributed by atoms with Gasteiger partial charge in [-0.15, -0.1) is 0 Å². The Hall–Kier alpha value is -2.87.